The quantitative estimate of drug-likeness (QED) is 0.450. The van der Waals surface area contributed by atoms with E-state index in [0.717, 1.165) is 31.7 Å². The van der Waals surface area contributed by atoms with Crippen molar-refractivity contribution in [3.05, 3.63) is 29.8 Å². The molecule has 1 aromatic carbocycles. The van der Waals surface area contributed by atoms with Gasteiger partial charge in [-0.1, -0.05) is 31.5 Å². The second-order valence-electron chi connectivity index (χ2n) is 6.25. The number of rotatable bonds is 12. The molecule has 0 atom stereocenters. The molecule has 0 aromatic heterocycles. The lowest BCUT2D eigenvalue weighted by molar-refractivity contribution is -0.131. The molecule has 0 aliphatic heterocycles. The summed E-state index contributed by atoms with van der Waals surface area (Å²) in [5, 5.41) is 2.93. The van der Waals surface area contributed by atoms with Crippen LogP contribution in [0.1, 0.15) is 51.5 Å². The highest BCUT2D eigenvalue weighted by atomic mass is 32.2. The molecule has 1 aromatic rings. The minimum atomic E-state index is 0.0369. The predicted molar refractivity (Wildman–Crippen MR) is 106 cm³/mol. The van der Waals surface area contributed by atoms with E-state index in [1.54, 1.807) is 11.8 Å². The number of nitrogens with one attached hydrogen (secondary N) is 1. The fraction of sp³-hybridized carbons (Fsp3) is 0.600. The zero-order valence-electron chi connectivity index (χ0n) is 15.8. The zero-order valence-corrected chi connectivity index (χ0v) is 16.7. The average Bonchev–Trinajstić information content (AvgIpc) is 2.60. The molecule has 0 fully saturated rings. The summed E-state index contributed by atoms with van der Waals surface area (Å²) in [5.41, 5.74) is 1.25. The molecule has 0 unspecified atom stereocenters. The van der Waals surface area contributed by atoms with Crippen LogP contribution in [0.3, 0.4) is 0 Å². The third kappa shape index (κ3) is 9.54. The highest BCUT2D eigenvalue weighted by molar-refractivity contribution is 7.99. The molecule has 5 heteroatoms. The monoisotopic (exact) mass is 364 g/mol. The van der Waals surface area contributed by atoms with Gasteiger partial charge in [-0.3, -0.25) is 9.59 Å². The molecule has 1 N–H and O–H groups in total. The van der Waals surface area contributed by atoms with Gasteiger partial charge in [-0.15, -0.1) is 11.8 Å². The molecule has 0 heterocycles. The summed E-state index contributed by atoms with van der Waals surface area (Å²) in [6.45, 7) is 8.52. The molecule has 0 spiro atoms. The van der Waals surface area contributed by atoms with Crippen LogP contribution in [0, 0.1) is 6.92 Å². The van der Waals surface area contributed by atoms with Crippen molar-refractivity contribution in [1.29, 1.82) is 0 Å². The second kappa shape index (κ2) is 12.8. The van der Waals surface area contributed by atoms with Crippen LogP contribution >= 0.6 is 11.8 Å². The Morgan fingerprint density at radius 3 is 2.28 bits per heavy atom. The van der Waals surface area contributed by atoms with Crippen molar-refractivity contribution in [2.75, 3.05) is 25.4 Å². The van der Waals surface area contributed by atoms with Gasteiger partial charge < -0.3 is 10.2 Å². The number of carbonyl (C=O) groups excluding carboxylic acids is 2. The Kier molecular flexibility index (Phi) is 11.0. The van der Waals surface area contributed by atoms with Gasteiger partial charge in [0.2, 0.25) is 11.8 Å². The lowest BCUT2D eigenvalue weighted by atomic mass is 10.2. The number of carbonyl (C=O) groups is 2. The van der Waals surface area contributed by atoms with Crippen LogP contribution in [0.25, 0.3) is 0 Å². The summed E-state index contributed by atoms with van der Waals surface area (Å²) in [6, 6.07) is 8.40. The molecule has 0 aliphatic carbocycles. The minimum absolute atomic E-state index is 0.0369. The largest absolute Gasteiger partial charge is 0.355 e. The topological polar surface area (TPSA) is 49.4 Å². The lowest BCUT2D eigenvalue weighted by Crippen LogP contribution is -2.32. The van der Waals surface area contributed by atoms with Crippen molar-refractivity contribution in [1.82, 2.24) is 10.2 Å². The number of thioether (sulfide) groups is 1. The third-order valence-corrected chi connectivity index (χ3v) is 4.86. The van der Waals surface area contributed by atoms with Crippen molar-refractivity contribution in [2.45, 2.75) is 57.8 Å². The lowest BCUT2D eigenvalue weighted by Gasteiger charge is -2.21. The standard InChI is InChI=1S/C20H32N2O2S/c1-4-14-22(15-5-2)20(24)8-6-7-19(23)21-13-16-25-18-11-9-17(3)10-12-18/h9-12H,4-8,13-16H2,1-3H3,(H,21,23). The maximum Gasteiger partial charge on any atom is 0.222 e. The summed E-state index contributed by atoms with van der Waals surface area (Å²) in [7, 11) is 0. The van der Waals surface area contributed by atoms with E-state index in [1.165, 1.54) is 10.5 Å². The first-order chi connectivity index (χ1) is 12.1. The summed E-state index contributed by atoms with van der Waals surface area (Å²) >= 11 is 1.74. The summed E-state index contributed by atoms with van der Waals surface area (Å²) in [5.74, 6) is 1.07. The number of benzene rings is 1. The molecule has 4 nitrogen and oxygen atoms in total. The Balaban J connectivity index is 2.13. The van der Waals surface area contributed by atoms with Crippen LogP contribution in [0.2, 0.25) is 0 Å². The maximum absolute atomic E-state index is 12.1. The summed E-state index contributed by atoms with van der Waals surface area (Å²) in [4.78, 5) is 27.1. The molecule has 25 heavy (non-hydrogen) atoms. The summed E-state index contributed by atoms with van der Waals surface area (Å²) < 4.78 is 0. The van der Waals surface area contributed by atoms with Crippen LogP contribution in [0.5, 0.6) is 0 Å². The second-order valence-corrected chi connectivity index (χ2v) is 7.41. The molecular formula is C20H32N2O2S. The van der Waals surface area contributed by atoms with Gasteiger partial charge in [0.1, 0.15) is 0 Å². The van der Waals surface area contributed by atoms with Gasteiger partial charge in [0.05, 0.1) is 0 Å². The van der Waals surface area contributed by atoms with Crippen molar-refractivity contribution in [3.8, 4) is 0 Å². The molecule has 2 amide bonds. The highest BCUT2D eigenvalue weighted by Gasteiger charge is 2.12. The molecule has 0 saturated carbocycles. The molecule has 0 radical (unpaired) electrons. The molecule has 0 saturated heterocycles. The number of nitrogens with zero attached hydrogens (tertiary/aromatic N) is 1. The van der Waals surface area contributed by atoms with E-state index in [0.29, 0.717) is 25.8 Å². The van der Waals surface area contributed by atoms with E-state index >= 15 is 0 Å². The van der Waals surface area contributed by atoms with Gasteiger partial charge in [-0.25, -0.2) is 0 Å². The van der Waals surface area contributed by atoms with Gasteiger partial charge in [-0.2, -0.15) is 0 Å². The van der Waals surface area contributed by atoms with Crippen LogP contribution in [-0.4, -0.2) is 42.1 Å². The van der Waals surface area contributed by atoms with E-state index in [-0.39, 0.29) is 11.8 Å². The van der Waals surface area contributed by atoms with Crippen LogP contribution in [0.15, 0.2) is 29.2 Å². The fourth-order valence-corrected chi connectivity index (χ4v) is 3.31. The molecular weight excluding hydrogens is 332 g/mol. The van der Waals surface area contributed by atoms with Gasteiger partial charge in [-0.05, 0) is 38.3 Å². The molecule has 0 bridgehead atoms. The first-order valence-electron chi connectivity index (χ1n) is 9.30. The Bertz CT molecular complexity index is 511. The van der Waals surface area contributed by atoms with Crippen molar-refractivity contribution in [2.24, 2.45) is 0 Å². The Morgan fingerprint density at radius 1 is 1.04 bits per heavy atom. The summed E-state index contributed by atoms with van der Waals surface area (Å²) in [6.07, 6.45) is 3.47. The van der Waals surface area contributed by atoms with Gasteiger partial charge in [0, 0.05) is 43.1 Å². The number of hydrogen-bond acceptors (Lipinski definition) is 3. The fourth-order valence-electron chi connectivity index (χ4n) is 2.54. The van der Waals surface area contributed by atoms with Gasteiger partial charge in [0.15, 0.2) is 0 Å². The zero-order chi connectivity index (χ0) is 18.5. The van der Waals surface area contributed by atoms with Gasteiger partial charge in [0.25, 0.3) is 0 Å². The third-order valence-electron chi connectivity index (χ3n) is 3.85. The Morgan fingerprint density at radius 2 is 1.68 bits per heavy atom. The van der Waals surface area contributed by atoms with Crippen molar-refractivity contribution >= 4 is 23.6 Å². The first kappa shape index (κ1) is 21.6. The van der Waals surface area contributed by atoms with Crippen LogP contribution in [0.4, 0.5) is 0 Å². The number of aryl methyl sites for hydroxylation is 1. The van der Waals surface area contributed by atoms with E-state index in [1.807, 2.05) is 4.90 Å². The SMILES string of the molecule is CCCN(CCC)C(=O)CCCC(=O)NCCSc1ccc(C)cc1. The smallest absolute Gasteiger partial charge is 0.222 e. The van der Waals surface area contributed by atoms with Crippen molar-refractivity contribution < 1.29 is 9.59 Å². The van der Waals surface area contributed by atoms with E-state index in [9.17, 15) is 9.59 Å². The predicted octanol–water partition coefficient (Wildman–Crippen LogP) is 4.02. The van der Waals surface area contributed by atoms with E-state index < -0.39 is 0 Å². The van der Waals surface area contributed by atoms with Crippen molar-refractivity contribution in [3.63, 3.8) is 0 Å². The molecule has 1 rings (SSSR count). The van der Waals surface area contributed by atoms with E-state index in [4.69, 9.17) is 0 Å². The Labute approximate surface area is 156 Å². The van der Waals surface area contributed by atoms with Crippen LogP contribution < -0.4 is 5.32 Å². The number of hydrogen-bond donors (Lipinski definition) is 1. The first-order valence-corrected chi connectivity index (χ1v) is 10.3. The normalized spacial score (nSPS) is 10.5. The minimum Gasteiger partial charge on any atom is -0.355 e. The van der Waals surface area contributed by atoms with E-state index in [2.05, 4.69) is 50.4 Å². The molecule has 140 valence electrons. The van der Waals surface area contributed by atoms with Crippen LogP contribution in [-0.2, 0) is 9.59 Å². The maximum atomic E-state index is 12.1. The number of amides is 2. The average molecular weight is 365 g/mol. The highest BCUT2D eigenvalue weighted by Crippen LogP contribution is 2.17. The Hall–Kier alpha value is -1.49. The van der Waals surface area contributed by atoms with Gasteiger partial charge >= 0.3 is 0 Å². The molecule has 0 aliphatic rings.